The quantitative estimate of drug-likeness (QED) is 0.753. The Morgan fingerprint density at radius 2 is 1.95 bits per heavy atom. The van der Waals surface area contributed by atoms with Crippen molar-refractivity contribution in [2.45, 2.75) is 0 Å². The molecule has 0 radical (unpaired) electrons. The van der Waals surface area contributed by atoms with Crippen LogP contribution in [0.2, 0.25) is 0 Å². The third-order valence-corrected chi connectivity index (χ3v) is 2.85. The maximum absolute atomic E-state index is 5.72. The molecule has 102 valence electrons. The third-order valence-electron chi connectivity index (χ3n) is 2.85. The number of nitrogens with one attached hydrogen (secondary N) is 2. The SMILES string of the molecule is CN(C)c1nc(N)nc2nc(C3=CC=CC=CN3)[nH]c12. The molecule has 20 heavy (non-hydrogen) atoms. The number of allylic oxidation sites excluding steroid dienone is 4. The van der Waals surface area contributed by atoms with Gasteiger partial charge in [-0.1, -0.05) is 12.2 Å². The molecule has 7 heteroatoms. The van der Waals surface area contributed by atoms with Gasteiger partial charge in [0.15, 0.2) is 17.3 Å². The van der Waals surface area contributed by atoms with Gasteiger partial charge in [0.1, 0.15) is 5.52 Å². The molecule has 0 unspecified atom stereocenters. The topological polar surface area (TPSA) is 95.8 Å². The standard InChI is InChI=1S/C13H15N7/c1-20(2)12-9-11(18-13(14)19-12)17-10(16-9)8-6-4-3-5-7-15-8/h3-7,15H,1-2H3,(H3,14,16,17,18,19). The van der Waals surface area contributed by atoms with Crippen LogP contribution in [0.3, 0.4) is 0 Å². The predicted molar refractivity (Wildman–Crippen MR) is 79.8 cm³/mol. The van der Waals surface area contributed by atoms with Crippen LogP contribution < -0.4 is 16.0 Å². The van der Waals surface area contributed by atoms with Crippen molar-refractivity contribution in [3.8, 4) is 0 Å². The van der Waals surface area contributed by atoms with Crippen molar-refractivity contribution in [3.63, 3.8) is 0 Å². The van der Waals surface area contributed by atoms with Gasteiger partial charge in [-0.25, -0.2) is 4.98 Å². The van der Waals surface area contributed by atoms with Gasteiger partial charge in [0, 0.05) is 20.3 Å². The zero-order chi connectivity index (χ0) is 14.1. The summed E-state index contributed by atoms with van der Waals surface area (Å²) in [6.07, 6.45) is 9.56. The molecule has 0 bridgehead atoms. The van der Waals surface area contributed by atoms with Gasteiger partial charge in [-0.15, -0.1) is 0 Å². The molecule has 0 aliphatic carbocycles. The highest BCUT2D eigenvalue weighted by molar-refractivity contribution is 5.86. The number of H-pyrrole nitrogens is 1. The Bertz CT molecular complexity index is 737. The van der Waals surface area contributed by atoms with Crippen molar-refractivity contribution < 1.29 is 0 Å². The van der Waals surface area contributed by atoms with Gasteiger partial charge in [-0.2, -0.15) is 9.97 Å². The molecule has 0 spiro atoms. The van der Waals surface area contributed by atoms with Crippen molar-refractivity contribution in [2.24, 2.45) is 0 Å². The summed E-state index contributed by atoms with van der Waals surface area (Å²) in [7, 11) is 3.80. The van der Waals surface area contributed by atoms with Gasteiger partial charge in [-0.05, 0) is 12.2 Å². The summed E-state index contributed by atoms with van der Waals surface area (Å²) < 4.78 is 0. The largest absolute Gasteiger partial charge is 0.368 e. The average Bonchev–Trinajstić information content (AvgIpc) is 2.65. The zero-order valence-electron chi connectivity index (χ0n) is 11.3. The molecule has 1 aliphatic rings. The van der Waals surface area contributed by atoms with Crippen molar-refractivity contribution in [1.82, 2.24) is 25.3 Å². The number of anilines is 2. The van der Waals surface area contributed by atoms with Crippen molar-refractivity contribution in [2.75, 3.05) is 24.7 Å². The zero-order valence-corrected chi connectivity index (χ0v) is 11.3. The molecule has 3 heterocycles. The van der Waals surface area contributed by atoms with Crippen LogP contribution in [0.15, 0.2) is 30.5 Å². The molecule has 0 fully saturated rings. The van der Waals surface area contributed by atoms with Crippen molar-refractivity contribution >= 4 is 28.6 Å². The highest BCUT2D eigenvalue weighted by atomic mass is 15.2. The number of rotatable bonds is 2. The number of aromatic nitrogens is 4. The fraction of sp³-hybridized carbons (Fsp3) is 0.154. The number of fused-ring (bicyclic) bond motifs is 1. The van der Waals surface area contributed by atoms with E-state index < -0.39 is 0 Å². The van der Waals surface area contributed by atoms with Crippen LogP contribution >= 0.6 is 0 Å². The molecule has 2 aromatic heterocycles. The fourth-order valence-electron chi connectivity index (χ4n) is 1.95. The summed E-state index contributed by atoms with van der Waals surface area (Å²) in [5.41, 5.74) is 7.89. The second-order valence-electron chi connectivity index (χ2n) is 4.55. The van der Waals surface area contributed by atoms with E-state index in [9.17, 15) is 0 Å². The first-order chi connectivity index (χ1) is 9.65. The number of aromatic amines is 1. The highest BCUT2D eigenvalue weighted by Gasteiger charge is 2.14. The average molecular weight is 269 g/mol. The molecule has 0 atom stereocenters. The summed E-state index contributed by atoms with van der Waals surface area (Å²) in [5, 5.41) is 3.15. The summed E-state index contributed by atoms with van der Waals surface area (Å²) >= 11 is 0. The molecule has 4 N–H and O–H groups in total. The smallest absolute Gasteiger partial charge is 0.224 e. The molecule has 0 aromatic carbocycles. The van der Waals surface area contributed by atoms with E-state index in [1.54, 1.807) is 0 Å². The fourth-order valence-corrected chi connectivity index (χ4v) is 1.95. The lowest BCUT2D eigenvalue weighted by molar-refractivity contribution is 1.06. The lowest BCUT2D eigenvalue weighted by atomic mass is 10.3. The van der Waals surface area contributed by atoms with E-state index in [0.29, 0.717) is 17.3 Å². The summed E-state index contributed by atoms with van der Waals surface area (Å²) in [6.45, 7) is 0. The van der Waals surface area contributed by atoms with Crippen LogP contribution in [-0.4, -0.2) is 34.0 Å². The van der Waals surface area contributed by atoms with E-state index >= 15 is 0 Å². The van der Waals surface area contributed by atoms with E-state index in [1.165, 1.54) is 0 Å². The Kier molecular flexibility index (Phi) is 2.86. The maximum atomic E-state index is 5.72. The Hall–Kier alpha value is -2.83. The number of hydrogen-bond acceptors (Lipinski definition) is 6. The van der Waals surface area contributed by atoms with E-state index in [2.05, 4.69) is 25.3 Å². The molecular formula is C13H15N7. The van der Waals surface area contributed by atoms with Crippen LogP contribution in [-0.2, 0) is 0 Å². The van der Waals surface area contributed by atoms with Crippen LogP contribution in [0.5, 0.6) is 0 Å². The number of nitrogens with zero attached hydrogens (tertiary/aromatic N) is 4. The van der Waals surface area contributed by atoms with Crippen LogP contribution in [0, 0.1) is 0 Å². The van der Waals surface area contributed by atoms with Crippen molar-refractivity contribution in [1.29, 1.82) is 0 Å². The number of imidazole rings is 1. The minimum absolute atomic E-state index is 0.210. The molecule has 0 saturated carbocycles. The Morgan fingerprint density at radius 1 is 1.10 bits per heavy atom. The van der Waals surface area contributed by atoms with Crippen LogP contribution in [0.25, 0.3) is 16.9 Å². The second-order valence-corrected chi connectivity index (χ2v) is 4.55. The third kappa shape index (κ3) is 2.09. The lowest BCUT2D eigenvalue weighted by Gasteiger charge is -2.11. The molecule has 7 nitrogen and oxygen atoms in total. The van der Waals surface area contributed by atoms with Gasteiger partial charge in [0.2, 0.25) is 5.95 Å². The van der Waals surface area contributed by atoms with Gasteiger partial charge in [0.25, 0.3) is 0 Å². The molecular weight excluding hydrogens is 254 g/mol. The highest BCUT2D eigenvalue weighted by Crippen LogP contribution is 2.23. The first-order valence-corrected chi connectivity index (χ1v) is 6.16. The normalized spacial score (nSPS) is 14.0. The summed E-state index contributed by atoms with van der Waals surface area (Å²) in [5.74, 6) is 1.62. The molecule has 0 saturated heterocycles. The summed E-state index contributed by atoms with van der Waals surface area (Å²) in [6, 6.07) is 0. The maximum Gasteiger partial charge on any atom is 0.224 e. The second kappa shape index (κ2) is 4.69. The number of nitrogens with two attached hydrogens (primary N) is 1. The minimum atomic E-state index is 0.210. The molecule has 3 rings (SSSR count). The van der Waals surface area contributed by atoms with E-state index in [-0.39, 0.29) is 5.95 Å². The van der Waals surface area contributed by atoms with E-state index in [4.69, 9.17) is 5.73 Å². The van der Waals surface area contributed by atoms with Gasteiger partial charge in [-0.3, -0.25) is 0 Å². The first-order valence-electron chi connectivity index (χ1n) is 6.16. The number of hydrogen-bond donors (Lipinski definition) is 3. The van der Waals surface area contributed by atoms with Crippen LogP contribution in [0.4, 0.5) is 11.8 Å². The Balaban J connectivity index is 2.15. The minimum Gasteiger partial charge on any atom is -0.368 e. The molecule has 1 aliphatic heterocycles. The Labute approximate surface area is 115 Å². The summed E-state index contributed by atoms with van der Waals surface area (Å²) in [4.78, 5) is 18.0. The van der Waals surface area contributed by atoms with Crippen molar-refractivity contribution in [3.05, 3.63) is 36.3 Å². The Morgan fingerprint density at radius 3 is 2.75 bits per heavy atom. The molecule has 0 amide bonds. The monoisotopic (exact) mass is 269 g/mol. The van der Waals surface area contributed by atoms with Gasteiger partial charge in [0.05, 0.1) is 5.70 Å². The first kappa shape index (κ1) is 12.2. The van der Waals surface area contributed by atoms with Gasteiger partial charge >= 0.3 is 0 Å². The van der Waals surface area contributed by atoms with E-state index in [0.717, 1.165) is 11.2 Å². The van der Waals surface area contributed by atoms with Crippen LogP contribution in [0.1, 0.15) is 5.82 Å². The number of nitrogen functional groups attached to an aromatic ring is 1. The predicted octanol–water partition coefficient (Wildman–Crippen LogP) is 1.02. The van der Waals surface area contributed by atoms with E-state index in [1.807, 2.05) is 49.5 Å². The van der Waals surface area contributed by atoms with Gasteiger partial charge < -0.3 is 20.9 Å². The molecule has 2 aromatic rings. The lowest BCUT2D eigenvalue weighted by Crippen LogP contribution is -2.13.